The van der Waals surface area contributed by atoms with E-state index in [0.717, 1.165) is 5.56 Å². The number of hydrogen-bond donors (Lipinski definition) is 0. The summed E-state index contributed by atoms with van der Waals surface area (Å²) in [6, 6.07) is 6.22. The fourth-order valence-electron chi connectivity index (χ4n) is 0.804. The summed E-state index contributed by atoms with van der Waals surface area (Å²) >= 11 is 2.22. The Bertz CT molecular complexity index is 221. The van der Waals surface area contributed by atoms with Crippen molar-refractivity contribution in [3.63, 3.8) is 0 Å². The normalized spacial score (nSPS) is 8.45. The van der Waals surface area contributed by atoms with Crippen molar-refractivity contribution in [2.45, 2.75) is 13.8 Å². The Kier molecular flexibility index (Phi) is 5.68. The van der Waals surface area contributed by atoms with Crippen LogP contribution in [0.1, 0.15) is 16.7 Å². The van der Waals surface area contributed by atoms with Gasteiger partial charge in [-0.25, -0.2) is 0 Å². The summed E-state index contributed by atoms with van der Waals surface area (Å²) < 4.78 is 0. The Morgan fingerprint density at radius 1 is 1.18 bits per heavy atom. The fourth-order valence-corrected chi connectivity index (χ4v) is 0.804. The molecule has 64 valence electrons. The summed E-state index contributed by atoms with van der Waals surface area (Å²) in [5.74, 6) is 0. The molecule has 2 heteroatoms. The van der Waals surface area contributed by atoms with E-state index in [1.807, 2.05) is 6.07 Å². The van der Waals surface area contributed by atoms with Crippen molar-refractivity contribution in [1.82, 2.24) is 0 Å². The standard InChI is InChI=1S/C9H11.ClH.Pd/c1-7-4-5-8(2)9(3)6-7;;/h4-6H,1H2,2-3H3;1H;/q-1;;+2/p-1. The molecular weight excluding hydrogens is 250 g/mol. The van der Waals surface area contributed by atoms with Crippen LogP contribution in [0.15, 0.2) is 18.2 Å². The van der Waals surface area contributed by atoms with Crippen molar-refractivity contribution in [1.29, 1.82) is 0 Å². The number of aryl methyl sites for hydroxylation is 2. The average molecular weight is 261 g/mol. The molecule has 0 nitrogen and oxygen atoms in total. The number of benzene rings is 1. The van der Waals surface area contributed by atoms with Crippen molar-refractivity contribution >= 4 is 9.53 Å². The van der Waals surface area contributed by atoms with E-state index in [9.17, 15) is 0 Å². The maximum atomic E-state index is 4.49. The van der Waals surface area contributed by atoms with Crippen LogP contribution in [0, 0.1) is 20.8 Å². The van der Waals surface area contributed by atoms with Gasteiger partial charge < -0.3 is 0 Å². The molecule has 0 heterocycles. The molecule has 1 aromatic carbocycles. The van der Waals surface area contributed by atoms with Crippen molar-refractivity contribution in [3.8, 4) is 0 Å². The van der Waals surface area contributed by atoms with E-state index in [4.69, 9.17) is 0 Å². The van der Waals surface area contributed by atoms with Gasteiger partial charge >= 0.3 is 27.7 Å². The number of rotatable bonds is 0. The molecule has 0 saturated carbocycles. The Balaban J connectivity index is 0.000000461. The molecule has 0 bridgehead atoms. The third-order valence-electron chi connectivity index (χ3n) is 1.57. The van der Waals surface area contributed by atoms with Crippen LogP contribution in [0.3, 0.4) is 0 Å². The van der Waals surface area contributed by atoms with Crippen LogP contribution in [0.25, 0.3) is 0 Å². The van der Waals surface area contributed by atoms with Gasteiger partial charge in [0, 0.05) is 0 Å². The second-order valence-corrected chi connectivity index (χ2v) is 2.42. The van der Waals surface area contributed by atoms with Crippen LogP contribution in [0.5, 0.6) is 0 Å². The predicted molar refractivity (Wildman–Crippen MR) is 46.2 cm³/mol. The molecule has 0 atom stereocenters. The molecule has 11 heavy (non-hydrogen) atoms. The molecule has 0 aliphatic rings. The van der Waals surface area contributed by atoms with Gasteiger partial charge in [0.25, 0.3) is 0 Å². The Morgan fingerprint density at radius 2 is 1.73 bits per heavy atom. The maximum absolute atomic E-state index is 4.49. The molecule has 0 amide bonds. The zero-order chi connectivity index (χ0) is 8.85. The molecular formula is C9H11ClPd. The van der Waals surface area contributed by atoms with Crippen molar-refractivity contribution < 1.29 is 18.2 Å². The van der Waals surface area contributed by atoms with Crippen molar-refractivity contribution in [2.75, 3.05) is 0 Å². The quantitative estimate of drug-likeness (QED) is 0.497. The van der Waals surface area contributed by atoms with Crippen LogP contribution in [-0.2, 0) is 18.2 Å². The van der Waals surface area contributed by atoms with E-state index < -0.39 is 0 Å². The summed E-state index contributed by atoms with van der Waals surface area (Å²) in [5.41, 5.74) is 3.75. The minimum atomic E-state index is 1.10. The Morgan fingerprint density at radius 3 is 2.09 bits per heavy atom. The van der Waals surface area contributed by atoms with Gasteiger partial charge in [-0.2, -0.15) is 24.6 Å². The summed E-state index contributed by atoms with van der Waals surface area (Å²) in [6.45, 7) is 8.03. The van der Waals surface area contributed by atoms with Crippen LogP contribution >= 0.6 is 9.53 Å². The van der Waals surface area contributed by atoms with Gasteiger partial charge in [0.15, 0.2) is 0 Å². The van der Waals surface area contributed by atoms with E-state index >= 15 is 0 Å². The molecule has 0 unspecified atom stereocenters. The van der Waals surface area contributed by atoms with Crippen LogP contribution in [0.4, 0.5) is 0 Å². The second-order valence-electron chi connectivity index (χ2n) is 2.42. The molecule has 0 fully saturated rings. The fraction of sp³-hybridized carbons (Fsp3) is 0.222. The first-order chi connectivity index (χ1) is 5.20. The van der Waals surface area contributed by atoms with E-state index in [1.165, 1.54) is 11.1 Å². The van der Waals surface area contributed by atoms with Gasteiger partial charge in [0.2, 0.25) is 0 Å². The zero-order valence-electron chi connectivity index (χ0n) is 6.63. The van der Waals surface area contributed by atoms with E-state index in [1.54, 1.807) is 0 Å². The SMILES string of the molecule is [CH2-]c1ccc(C)c(C)c1.[Cl][Pd+]. The Hall–Kier alpha value is 0.0423. The second kappa shape index (κ2) is 5.66. The van der Waals surface area contributed by atoms with Gasteiger partial charge in [-0.05, 0) is 6.92 Å². The molecule has 0 aromatic heterocycles. The minimum absolute atomic E-state index is 1.10. The number of hydrogen-bond acceptors (Lipinski definition) is 0. The number of halogens is 1. The molecule has 0 N–H and O–H groups in total. The van der Waals surface area contributed by atoms with Crippen LogP contribution < -0.4 is 0 Å². The Labute approximate surface area is 83.3 Å². The molecule has 0 spiro atoms. The van der Waals surface area contributed by atoms with Gasteiger partial charge in [0.1, 0.15) is 0 Å². The van der Waals surface area contributed by atoms with E-state index in [-0.39, 0.29) is 0 Å². The summed E-state index contributed by atoms with van der Waals surface area (Å²) in [4.78, 5) is 0. The topological polar surface area (TPSA) is 0 Å². The first kappa shape index (κ1) is 11.0. The van der Waals surface area contributed by atoms with Gasteiger partial charge in [-0.15, -0.1) is 11.6 Å². The summed E-state index contributed by atoms with van der Waals surface area (Å²) in [7, 11) is 4.49. The molecule has 0 aliphatic carbocycles. The van der Waals surface area contributed by atoms with Gasteiger partial charge in [-0.3, -0.25) is 0 Å². The molecule has 1 aromatic rings. The van der Waals surface area contributed by atoms with Crippen molar-refractivity contribution in [2.24, 2.45) is 0 Å². The van der Waals surface area contributed by atoms with Crippen molar-refractivity contribution in [3.05, 3.63) is 41.8 Å². The molecule has 0 saturated heterocycles. The third kappa shape index (κ3) is 3.82. The van der Waals surface area contributed by atoms with Crippen LogP contribution in [0.2, 0.25) is 0 Å². The van der Waals surface area contributed by atoms with Gasteiger partial charge in [0.05, 0.1) is 0 Å². The average Bonchev–Trinajstić information content (AvgIpc) is 2.02. The third-order valence-corrected chi connectivity index (χ3v) is 1.57. The molecule has 1 rings (SSSR count). The van der Waals surface area contributed by atoms with Gasteiger partial charge in [-0.1, -0.05) is 12.5 Å². The summed E-state index contributed by atoms with van der Waals surface area (Å²) in [6.07, 6.45) is 0. The van der Waals surface area contributed by atoms with E-state index in [2.05, 4.69) is 60.6 Å². The zero-order valence-corrected chi connectivity index (χ0v) is 8.94. The van der Waals surface area contributed by atoms with E-state index in [0.29, 0.717) is 0 Å². The molecule has 0 radical (unpaired) electrons. The predicted octanol–water partition coefficient (Wildman–Crippen LogP) is 3.17. The summed E-state index contributed by atoms with van der Waals surface area (Å²) in [5, 5.41) is 0. The first-order valence-corrected chi connectivity index (χ1v) is 5.21. The van der Waals surface area contributed by atoms with Crippen LogP contribution in [-0.4, -0.2) is 0 Å². The first-order valence-electron chi connectivity index (χ1n) is 3.21. The molecule has 0 aliphatic heterocycles. The monoisotopic (exact) mass is 260 g/mol.